The molecule has 0 aromatic carbocycles. The molecule has 4 bridgehead atoms. The Morgan fingerprint density at radius 3 is 1.77 bits per heavy atom. The highest BCUT2D eigenvalue weighted by Crippen LogP contribution is 2.72. The molecule has 2 heterocycles. The van der Waals surface area contributed by atoms with Gasteiger partial charge in [-0.05, 0) is 131 Å². The maximum atomic E-state index is 3.81. The molecule has 7 rings (SSSR count). The Balaban J connectivity index is 1.43. The van der Waals surface area contributed by atoms with Crippen molar-refractivity contribution >= 4 is 18.5 Å². The first kappa shape index (κ1) is 25.5. The molecule has 2 aliphatic heterocycles. The number of hydrogen-bond donors (Lipinski definition) is 2. The molecular formula is C31H52N2P2. The average Bonchev–Trinajstić information content (AvgIpc) is 3.33. The van der Waals surface area contributed by atoms with E-state index in [9.17, 15) is 0 Å². The number of allylic oxidation sites excluding steroid dienone is 4. The summed E-state index contributed by atoms with van der Waals surface area (Å²) in [5.41, 5.74) is 2.48. The molecule has 6 atom stereocenters. The fourth-order valence-corrected chi connectivity index (χ4v) is 12.3. The van der Waals surface area contributed by atoms with Gasteiger partial charge < -0.3 is 10.6 Å². The number of rotatable bonds is 5. The minimum Gasteiger partial charge on any atom is -0.316 e. The van der Waals surface area contributed by atoms with E-state index in [0.717, 1.165) is 17.8 Å². The minimum atomic E-state index is 0.185. The molecule has 7 aliphatic rings. The van der Waals surface area contributed by atoms with Crippen molar-refractivity contribution in [3.8, 4) is 0 Å². The largest absolute Gasteiger partial charge is 0.316 e. The van der Waals surface area contributed by atoms with Gasteiger partial charge in [0.1, 0.15) is 0 Å². The summed E-state index contributed by atoms with van der Waals surface area (Å²) in [6.45, 7) is 12.5. The number of piperidine rings is 2. The topological polar surface area (TPSA) is 24.1 Å². The Hall–Kier alpha value is 0.260. The van der Waals surface area contributed by atoms with E-state index in [1.807, 2.05) is 0 Å². The van der Waals surface area contributed by atoms with E-state index in [-0.39, 0.29) is 15.7 Å². The molecular weight excluding hydrogens is 462 g/mol. The summed E-state index contributed by atoms with van der Waals surface area (Å²) in [7, 11) is 7.23. The van der Waals surface area contributed by atoms with Crippen molar-refractivity contribution in [2.45, 2.75) is 95.3 Å². The highest BCUT2D eigenvalue weighted by atomic mass is 31.0. The zero-order valence-corrected chi connectivity index (χ0v) is 25.1. The van der Waals surface area contributed by atoms with Gasteiger partial charge in [0.15, 0.2) is 0 Å². The molecule has 6 unspecified atom stereocenters. The molecule has 6 fully saturated rings. The van der Waals surface area contributed by atoms with Crippen LogP contribution in [0, 0.1) is 46.3 Å². The Morgan fingerprint density at radius 1 is 0.829 bits per heavy atom. The summed E-state index contributed by atoms with van der Waals surface area (Å²) in [6.07, 6.45) is 22.2. The summed E-state index contributed by atoms with van der Waals surface area (Å²) in [4.78, 5) is 0. The van der Waals surface area contributed by atoms with Gasteiger partial charge in [0.05, 0.1) is 0 Å². The van der Waals surface area contributed by atoms with Crippen LogP contribution >= 0.6 is 18.5 Å². The molecule has 4 heteroatoms. The third-order valence-electron chi connectivity index (χ3n) is 12.0. The first-order valence-electron chi connectivity index (χ1n) is 15.1. The second kappa shape index (κ2) is 9.18. The van der Waals surface area contributed by atoms with Gasteiger partial charge in [0.2, 0.25) is 0 Å². The predicted molar refractivity (Wildman–Crippen MR) is 157 cm³/mol. The Bertz CT molecular complexity index is 804. The maximum absolute atomic E-state index is 3.81. The van der Waals surface area contributed by atoms with Crippen LogP contribution in [0.4, 0.5) is 0 Å². The lowest BCUT2D eigenvalue weighted by molar-refractivity contribution is -0.106. The molecule has 4 saturated carbocycles. The van der Waals surface area contributed by atoms with Crippen molar-refractivity contribution in [1.82, 2.24) is 10.6 Å². The zero-order valence-electron chi connectivity index (χ0n) is 22.8. The zero-order chi connectivity index (χ0) is 24.5. The van der Waals surface area contributed by atoms with E-state index in [1.54, 1.807) is 5.57 Å². The second-order valence-electron chi connectivity index (χ2n) is 14.8. The van der Waals surface area contributed by atoms with Crippen molar-refractivity contribution in [3.05, 3.63) is 23.8 Å². The summed E-state index contributed by atoms with van der Waals surface area (Å²) >= 11 is 0. The molecule has 35 heavy (non-hydrogen) atoms. The van der Waals surface area contributed by atoms with Gasteiger partial charge in [0, 0.05) is 16.2 Å². The maximum Gasteiger partial charge on any atom is 0.0146 e. The smallest absolute Gasteiger partial charge is 0.0146 e. The molecule has 196 valence electrons. The second-order valence-corrected chi connectivity index (χ2v) is 16.7. The highest BCUT2D eigenvalue weighted by Gasteiger charge is 2.66. The van der Waals surface area contributed by atoms with E-state index in [2.05, 4.69) is 68.1 Å². The molecule has 0 spiro atoms. The highest BCUT2D eigenvalue weighted by molar-refractivity contribution is 7.20. The first-order valence-corrected chi connectivity index (χ1v) is 16.2. The van der Waals surface area contributed by atoms with Gasteiger partial charge in [-0.3, -0.25) is 0 Å². The molecule has 5 aliphatic carbocycles. The fourth-order valence-electron chi connectivity index (χ4n) is 10.8. The van der Waals surface area contributed by atoms with Crippen molar-refractivity contribution in [3.63, 3.8) is 0 Å². The van der Waals surface area contributed by atoms with E-state index >= 15 is 0 Å². The fraction of sp³-hybridized carbons (Fsp3) is 0.871. The number of nitrogens with one attached hydrogen (secondary N) is 2. The number of hydrogen-bond acceptors (Lipinski definition) is 2. The standard InChI is InChI=1S/C31H52N2P2/c1-28(2,3)31(35,29-16-21-13-22(17-29)15-23(14-21)18-29)27-10-4-9-26(27)30(34,24-7-5-11-32-19-24)25-8-6-12-33-20-25/h4,9-10,21-25,27,32-33H,5-8,11-20,34-35H2,1-3H3. The van der Waals surface area contributed by atoms with E-state index in [1.165, 1.54) is 90.4 Å². The first-order chi connectivity index (χ1) is 16.7. The third-order valence-corrected chi connectivity index (χ3v) is 15.1. The predicted octanol–water partition coefficient (Wildman–Crippen LogP) is 6.59. The van der Waals surface area contributed by atoms with Crippen LogP contribution in [0.15, 0.2) is 23.8 Å². The van der Waals surface area contributed by atoms with Gasteiger partial charge in [0.25, 0.3) is 0 Å². The van der Waals surface area contributed by atoms with Crippen molar-refractivity contribution < 1.29 is 0 Å². The van der Waals surface area contributed by atoms with Crippen LogP contribution in [0.1, 0.15) is 85.0 Å². The summed E-state index contributed by atoms with van der Waals surface area (Å²) < 4.78 is 0. The van der Waals surface area contributed by atoms with Gasteiger partial charge >= 0.3 is 0 Å². The van der Waals surface area contributed by atoms with Crippen LogP contribution in [-0.4, -0.2) is 36.5 Å². The SMILES string of the molecule is CC(C)(C)C(P)(C1C=CC=C1C(P)(C1CCCNC1)C1CCCNC1)C12CC3CC(CC(C3)C1)C2. The normalized spacial score (nSPS) is 44.7. The van der Waals surface area contributed by atoms with Crippen molar-refractivity contribution in [2.75, 3.05) is 26.2 Å². The molecule has 0 radical (unpaired) electrons. The van der Waals surface area contributed by atoms with Gasteiger partial charge in [-0.2, -0.15) is 0 Å². The Morgan fingerprint density at radius 2 is 1.34 bits per heavy atom. The lowest BCUT2D eigenvalue weighted by atomic mass is 9.41. The van der Waals surface area contributed by atoms with Gasteiger partial charge in [-0.15, -0.1) is 18.5 Å². The molecule has 0 amide bonds. The molecule has 0 aromatic heterocycles. The van der Waals surface area contributed by atoms with Crippen molar-refractivity contribution in [2.24, 2.45) is 46.3 Å². The van der Waals surface area contributed by atoms with E-state index in [0.29, 0.717) is 23.2 Å². The van der Waals surface area contributed by atoms with Crippen LogP contribution in [0.25, 0.3) is 0 Å². The van der Waals surface area contributed by atoms with Crippen molar-refractivity contribution in [1.29, 1.82) is 0 Å². The summed E-state index contributed by atoms with van der Waals surface area (Å²) in [5.74, 6) is 4.94. The lowest BCUT2D eigenvalue weighted by Gasteiger charge is -2.68. The third kappa shape index (κ3) is 3.93. The molecule has 2 N–H and O–H groups in total. The van der Waals surface area contributed by atoms with Gasteiger partial charge in [-0.1, -0.05) is 44.6 Å². The average molecular weight is 515 g/mol. The minimum absolute atomic E-state index is 0.185. The Kier molecular flexibility index (Phi) is 6.70. The van der Waals surface area contributed by atoms with Crippen LogP contribution in [0.2, 0.25) is 0 Å². The molecule has 2 nitrogen and oxygen atoms in total. The van der Waals surface area contributed by atoms with Crippen LogP contribution < -0.4 is 10.6 Å². The van der Waals surface area contributed by atoms with Crippen LogP contribution in [-0.2, 0) is 0 Å². The van der Waals surface area contributed by atoms with E-state index < -0.39 is 0 Å². The molecule has 2 saturated heterocycles. The monoisotopic (exact) mass is 514 g/mol. The quantitative estimate of drug-likeness (QED) is 0.405. The van der Waals surface area contributed by atoms with Gasteiger partial charge in [-0.25, -0.2) is 0 Å². The summed E-state index contributed by atoms with van der Waals surface area (Å²) in [5, 5.41) is 8.01. The Labute approximate surface area is 220 Å². The summed E-state index contributed by atoms with van der Waals surface area (Å²) in [6, 6.07) is 0. The van der Waals surface area contributed by atoms with Crippen LogP contribution in [0.5, 0.6) is 0 Å². The van der Waals surface area contributed by atoms with E-state index in [4.69, 9.17) is 0 Å². The lowest BCUT2D eigenvalue weighted by Crippen LogP contribution is -2.64. The molecule has 0 aromatic rings. The van der Waals surface area contributed by atoms with Crippen LogP contribution in [0.3, 0.4) is 0 Å².